The van der Waals surface area contributed by atoms with Crippen LogP contribution in [0.5, 0.6) is 5.75 Å². The van der Waals surface area contributed by atoms with Crippen LogP contribution in [0.25, 0.3) is 0 Å². The molecule has 0 radical (unpaired) electrons. The van der Waals surface area contributed by atoms with E-state index >= 15 is 0 Å². The molecule has 0 heterocycles. The van der Waals surface area contributed by atoms with E-state index in [1.165, 1.54) is 20.1 Å². The molecule has 0 saturated carbocycles. The molecule has 0 unspecified atom stereocenters. The van der Waals surface area contributed by atoms with Crippen LogP contribution in [0.3, 0.4) is 0 Å². The second-order valence-corrected chi connectivity index (χ2v) is 3.40. The molecular weight excluding hydrogens is 207 g/mol. The van der Waals surface area contributed by atoms with Crippen molar-refractivity contribution in [2.75, 3.05) is 7.11 Å². The minimum Gasteiger partial charge on any atom is -0.493 e. The van der Waals surface area contributed by atoms with E-state index in [1.807, 2.05) is 0 Å². The second kappa shape index (κ2) is 4.42. The van der Waals surface area contributed by atoms with Gasteiger partial charge >= 0.3 is 0 Å². The van der Waals surface area contributed by atoms with Gasteiger partial charge in [0.2, 0.25) is 0 Å². The Morgan fingerprint density at radius 2 is 2.21 bits per heavy atom. The maximum absolute atomic E-state index is 13.2. The molecule has 76 valence electrons. The Morgan fingerprint density at radius 3 is 2.71 bits per heavy atom. The zero-order chi connectivity index (χ0) is 10.7. The van der Waals surface area contributed by atoms with Crippen LogP contribution in [-0.2, 0) is 11.2 Å². The van der Waals surface area contributed by atoms with Gasteiger partial charge in [-0.2, -0.15) is 0 Å². The van der Waals surface area contributed by atoms with Gasteiger partial charge in [-0.3, -0.25) is 4.79 Å². The highest BCUT2D eigenvalue weighted by molar-refractivity contribution is 6.30. The molecule has 0 aromatic heterocycles. The molecule has 0 saturated heterocycles. The summed E-state index contributed by atoms with van der Waals surface area (Å²) < 4.78 is 18.1. The predicted octanol–water partition coefficient (Wildman–Crippen LogP) is 2.62. The van der Waals surface area contributed by atoms with Crippen molar-refractivity contribution in [1.82, 2.24) is 0 Å². The van der Waals surface area contributed by atoms with Gasteiger partial charge in [0, 0.05) is 17.0 Å². The molecule has 4 heteroatoms. The third-order valence-corrected chi connectivity index (χ3v) is 1.95. The molecule has 0 spiro atoms. The van der Waals surface area contributed by atoms with E-state index < -0.39 is 5.82 Å². The van der Waals surface area contributed by atoms with E-state index in [4.69, 9.17) is 16.3 Å². The first-order valence-electron chi connectivity index (χ1n) is 4.06. The predicted molar refractivity (Wildman–Crippen MR) is 52.3 cm³/mol. The van der Waals surface area contributed by atoms with Crippen LogP contribution in [0.15, 0.2) is 12.1 Å². The molecule has 1 aromatic carbocycles. The van der Waals surface area contributed by atoms with Crippen molar-refractivity contribution in [3.05, 3.63) is 28.5 Å². The number of methoxy groups -OCH3 is 1. The summed E-state index contributed by atoms with van der Waals surface area (Å²) >= 11 is 5.66. The van der Waals surface area contributed by atoms with E-state index in [0.29, 0.717) is 5.56 Å². The van der Waals surface area contributed by atoms with Gasteiger partial charge in [0.05, 0.1) is 7.11 Å². The zero-order valence-electron chi connectivity index (χ0n) is 7.93. The standard InChI is InChI=1S/C10H10ClFO2/c1-6(13)3-7-4-8(11)5-9(12)10(7)14-2/h4-5H,3H2,1-2H3. The number of hydrogen-bond donors (Lipinski definition) is 0. The van der Waals surface area contributed by atoms with Crippen LogP contribution >= 0.6 is 11.6 Å². The highest BCUT2D eigenvalue weighted by Crippen LogP contribution is 2.27. The molecular formula is C10H10ClFO2. The van der Waals surface area contributed by atoms with Crippen molar-refractivity contribution < 1.29 is 13.9 Å². The van der Waals surface area contributed by atoms with Gasteiger partial charge in [-0.05, 0) is 19.1 Å². The summed E-state index contributed by atoms with van der Waals surface area (Å²) in [5.41, 5.74) is 0.477. The molecule has 0 bridgehead atoms. The third kappa shape index (κ3) is 2.45. The summed E-state index contributed by atoms with van der Waals surface area (Å²) in [5.74, 6) is -0.522. The molecule has 0 atom stereocenters. The van der Waals surface area contributed by atoms with Crippen LogP contribution in [0, 0.1) is 5.82 Å². The van der Waals surface area contributed by atoms with Crippen molar-refractivity contribution in [1.29, 1.82) is 0 Å². The number of hydrogen-bond acceptors (Lipinski definition) is 2. The lowest BCUT2D eigenvalue weighted by Gasteiger charge is -2.08. The van der Waals surface area contributed by atoms with Crippen molar-refractivity contribution >= 4 is 17.4 Å². The lowest BCUT2D eigenvalue weighted by molar-refractivity contribution is -0.116. The summed E-state index contributed by atoms with van der Waals surface area (Å²) in [4.78, 5) is 10.9. The largest absolute Gasteiger partial charge is 0.493 e. The highest BCUT2D eigenvalue weighted by atomic mass is 35.5. The van der Waals surface area contributed by atoms with Crippen molar-refractivity contribution in [2.45, 2.75) is 13.3 Å². The Bertz CT molecular complexity index is 363. The molecule has 14 heavy (non-hydrogen) atoms. The van der Waals surface area contributed by atoms with E-state index in [-0.39, 0.29) is 23.0 Å². The van der Waals surface area contributed by atoms with Gasteiger partial charge < -0.3 is 4.74 Å². The van der Waals surface area contributed by atoms with E-state index in [9.17, 15) is 9.18 Å². The van der Waals surface area contributed by atoms with Crippen LogP contribution < -0.4 is 4.74 Å². The lowest BCUT2D eigenvalue weighted by Crippen LogP contribution is -2.01. The molecule has 0 amide bonds. The summed E-state index contributed by atoms with van der Waals surface area (Å²) in [6.45, 7) is 1.43. The molecule has 1 aromatic rings. The Kier molecular flexibility index (Phi) is 3.47. The first-order valence-corrected chi connectivity index (χ1v) is 4.43. The fraction of sp³-hybridized carbons (Fsp3) is 0.300. The Labute approximate surface area is 86.6 Å². The van der Waals surface area contributed by atoms with E-state index in [2.05, 4.69) is 0 Å². The van der Waals surface area contributed by atoms with Gasteiger partial charge in [0.1, 0.15) is 5.78 Å². The monoisotopic (exact) mass is 216 g/mol. The van der Waals surface area contributed by atoms with Gasteiger partial charge in [-0.1, -0.05) is 11.6 Å². The number of rotatable bonds is 3. The number of carbonyl (C=O) groups excluding carboxylic acids is 1. The molecule has 0 aliphatic heterocycles. The maximum atomic E-state index is 13.2. The molecule has 0 N–H and O–H groups in total. The summed E-state index contributed by atoms with van der Waals surface area (Å²) in [7, 11) is 1.36. The lowest BCUT2D eigenvalue weighted by atomic mass is 10.1. The van der Waals surface area contributed by atoms with Crippen LogP contribution in [0.2, 0.25) is 5.02 Å². The maximum Gasteiger partial charge on any atom is 0.166 e. The van der Waals surface area contributed by atoms with E-state index in [1.54, 1.807) is 0 Å². The Hall–Kier alpha value is -1.09. The smallest absolute Gasteiger partial charge is 0.166 e. The van der Waals surface area contributed by atoms with Crippen LogP contribution in [0.1, 0.15) is 12.5 Å². The molecule has 2 nitrogen and oxygen atoms in total. The molecule has 0 fully saturated rings. The van der Waals surface area contributed by atoms with E-state index in [0.717, 1.165) is 6.07 Å². The third-order valence-electron chi connectivity index (χ3n) is 1.73. The van der Waals surface area contributed by atoms with Crippen molar-refractivity contribution in [3.8, 4) is 5.75 Å². The van der Waals surface area contributed by atoms with Gasteiger partial charge in [0.25, 0.3) is 0 Å². The first-order chi connectivity index (χ1) is 6.54. The SMILES string of the molecule is COc1c(F)cc(Cl)cc1CC(C)=O. The Morgan fingerprint density at radius 1 is 1.57 bits per heavy atom. The number of ketones is 1. The average molecular weight is 217 g/mol. The zero-order valence-corrected chi connectivity index (χ0v) is 8.69. The number of benzene rings is 1. The highest BCUT2D eigenvalue weighted by Gasteiger charge is 2.12. The minimum atomic E-state index is -0.545. The number of ether oxygens (including phenoxy) is 1. The topological polar surface area (TPSA) is 26.3 Å². The summed E-state index contributed by atoms with van der Waals surface area (Å²) in [6, 6.07) is 2.69. The summed E-state index contributed by atoms with van der Waals surface area (Å²) in [5, 5.41) is 0.263. The van der Waals surface area contributed by atoms with Gasteiger partial charge in [-0.15, -0.1) is 0 Å². The Balaban J connectivity index is 3.17. The van der Waals surface area contributed by atoms with Crippen LogP contribution in [-0.4, -0.2) is 12.9 Å². The van der Waals surface area contributed by atoms with Crippen molar-refractivity contribution in [2.24, 2.45) is 0 Å². The fourth-order valence-electron chi connectivity index (χ4n) is 1.24. The number of halogens is 2. The number of Topliss-reactive ketones (excluding diaryl/α,β-unsaturated/α-hetero) is 1. The molecule has 0 aliphatic rings. The second-order valence-electron chi connectivity index (χ2n) is 2.96. The quantitative estimate of drug-likeness (QED) is 0.777. The van der Waals surface area contributed by atoms with Crippen molar-refractivity contribution in [3.63, 3.8) is 0 Å². The summed E-state index contributed by atoms with van der Waals surface area (Å²) in [6.07, 6.45) is 0.126. The minimum absolute atomic E-state index is 0.0648. The average Bonchev–Trinajstić information content (AvgIpc) is 2.01. The van der Waals surface area contributed by atoms with Gasteiger partial charge in [-0.25, -0.2) is 4.39 Å². The fourth-order valence-corrected chi connectivity index (χ4v) is 1.47. The normalized spacial score (nSPS) is 10.0. The number of carbonyl (C=O) groups is 1. The first kappa shape index (κ1) is 11.0. The molecule has 1 rings (SSSR count). The van der Waals surface area contributed by atoms with Crippen LogP contribution in [0.4, 0.5) is 4.39 Å². The van der Waals surface area contributed by atoms with Gasteiger partial charge in [0.15, 0.2) is 11.6 Å². The molecule has 0 aliphatic carbocycles.